The van der Waals surface area contributed by atoms with Crippen LogP contribution in [0.5, 0.6) is 0 Å². The van der Waals surface area contributed by atoms with E-state index in [1.54, 1.807) is 6.07 Å². The van der Waals surface area contributed by atoms with Gasteiger partial charge in [0.05, 0.1) is 5.56 Å². The zero-order valence-electron chi connectivity index (χ0n) is 10.6. The van der Waals surface area contributed by atoms with E-state index in [1.165, 1.54) is 4.90 Å². The molecular weight excluding hydrogens is 345 g/mol. The molecule has 0 fully saturated rings. The minimum absolute atomic E-state index is 0.148. The summed E-state index contributed by atoms with van der Waals surface area (Å²) >= 11 is 2.09. The van der Waals surface area contributed by atoms with Crippen LogP contribution in [0.15, 0.2) is 18.2 Å². The Morgan fingerprint density at radius 1 is 1.39 bits per heavy atom. The third-order valence-corrected chi connectivity index (χ3v) is 3.48. The van der Waals surface area contributed by atoms with Gasteiger partial charge in [-0.1, -0.05) is 11.6 Å². The molecule has 4 nitrogen and oxygen atoms in total. The number of benzene rings is 1. The van der Waals surface area contributed by atoms with Crippen LogP contribution in [-0.2, 0) is 4.79 Å². The van der Waals surface area contributed by atoms with Crippen LogP contribution in [0.4, 0.5) is 0 Å². The highest BCUT2D eigenvalue weighted by molar-refractivity contribution is 14.1. The third-order valence-electron chi connectivity index (χ3n) is 2.54. The average Bonchev–Trinajstić information content (AvgIpc) is 2.27. The molecule has 0 unspecified atom stereocenters. The summed E-state index contributed by atoms with van der Waals surface area (Å²) in [5, 5.41) is 8.86. The molecule has 18 heavy (non-hydrogen) atoms. The Kier molecular flexibility index (Phi) is 5.13. The van der Waals surface area contributed by atoms with Crippen LogP contribution in [0.25, 0.3) is 0 Å². The lowest BCUT2D eigenvalue weighted by molar-refractivity contribution is -0.138. The van der Waals surface area contributed by atoms with Gasteiger partial charge in [0.2, 0.25) is 0 Å². The fraction of sp³-hybridized carbons (Fsp3) is 0.385. The number of carbonyl (C=O) groups excluding carboxylic acids is 1. The number of nitrogens with zero attached hydrogens (tertiary/aromatic N) is 1. The first-order valence-corrected chi connectivity index (χ1v) is 6.69. The van der Waals surface area contributed by atoms with E-state index >= 15 is 0 Å². The minimum atomic E-state index is -1.00. The van der Waals surface area contributed by atoms with E-state index in [0.717, 1.165) is 9.13 Å². The highest BCUT2D eigenvalue weighted by Crippen LogP contribution is 2.17. The van der Waals surface area contributed by atoms with Crippen molar-refractivity contribution >= 4 is 34.5 Å². The summed E-state index contributed by atoms with van der Waals surface area (Å²) in [5.74, 6) is -1.24. The van der Waals surface area contributed by atoms with E-state index in [2.05, 4.69) is 22.6 Å². The van der Waals surface area contributed by atoms with E-state index in [4.69, 9.17) is 5.11 Å². The standard InChI is InChI=1S/C13H16INO3/c1-8(2)15(7-12(16)17)13(18)10-6-9(3)4-5-11(10)14/h4-6,8H,7H2,1-3H3,(H,16,17). The number of carboxylic acids is 1. The molecule has 0 aliphatic rings. The molecule has 0 aliphatic carbocycles. The molecule has 0 heterocycles. The summed E-state index contributed by atoms with van der Waals surface area (Å²) in [6, 6.07) is 5.43. The number of carbonyl (C=O) groups is 2. The quantitative estimate of drug-likeness (QED) is 0.839. The maximum atomic E-state index is 12.4. The molecule has 0 spiro atoms. The summed E-state index contributed by atoms with van der Waals surface area (Å²) < 4.78 is 0.833. The highest BCUT2D eigenvalue weighted by atomic mass is 127. The van der Waals surface area contributed by atoms with Crippen molar-refractivity contribution < 1.29 is 14.7 Å². The van der Waals surface area contributed by atoms with Crippen LogP contribution in [0.2, 0.25) is 0 Å². The van der Waals surface area contributed by atoms with Crippen molar-refractivity contribution in [2.75, 3.05) is 6.54 Å². The second kappa shape index (κ2) is 6.17. The molecule has 1 aromatic carbocycles. The molecule has 0 saturated heterocycles. The number of aliphatic carboxylic acids is 1. The largest absolute Gasteiger partial charge is 0.480 e. The van der Waals surface area contributed by atoms with Gasteiger partial charge in [-0.05, 0) is 55.5 Å². The van der Waals surface area contributed by atoms with Crippen LogP contribution in [0.1, 0.15) is 29.8 Å². The SMILES string of the molecule is Cc1ccc(I)c(C(=O)N(CC(=O)O)C(C)C)c1. The van der Waals surface area contributed by atoms with Crippen molar-refractivity contribution in [3.05, 3.63) is 32.9 Å². The van der Waals surface area contributed by atoms with Crippen molar-refractivity contribution in [3.8, 4) is 0 Å². The second-order valence-corrected chi connectivity index (χ2v) is 5.57. The van der Waals surface area contributed by atoms with Gasteiger partial charge in [0.15, 0.2) is 0 Å². The van der Waals surface area contributed by atoms with Crippen molar-refractivity contribution in [1.29, 1.82) is 0 Å². The van der Waals surface area contributed by atoms with Crippen molar-refractivity contribution in [1.82, 2.24) is 4.90 Å². The molecule has 1 N–H and O–H groups in total. The topological polar surface area (TPSA) is 57.6 Å². The summed E-state index contributed by atoms with van der Waals surface area (Å²) in [5.41, 5.74) is 1.54. The van der Waals surface area contributed by atoms with Crippen LogP contribution < -0.4 is 0 Å². The molecule has 0 radical (unpaired) electrons. The van der Waals surface area contributed by atoms with Gasteiger partial charge in [-0.15, -0.1) is 0 Å². The minimum Gasteiger partial charge on any atom is -0.480 e. The van der Waals surface area contributed by atoms with E-state index in [1.807, 2.05) is 32.9 Å². The number of hydrogen-bond donors (Lipinski definition) is 1. The van der Waals surface area contributed by atoms with Crippen molar-refractivity contribution in [3.63, 3.8) is 0 Å². The highest BCUT2D eigenvalue weighted by Gasteiger charge is 2.22. The molecule has 0 aliphatic heterocycles. The third kappa shape index (κ3) is 3.69. The van der Waals surface area contributed by atoms with Gasteiger partial charge in [-0.2, -0.15) is 0 Å². The average molecular weight is 361 g/mol. The van der Waals surface area contributed by atoms with Crippen LogP contribution in [-0.4, -0.2) is 34.5 Å². The number of rotatable bonds is 4. The van der Waals surface area contributed by atoms with Crippen LogP contribution in [0.3, 0.4) is 0 Å². The van der Waals surface area contributed by atoms with E-state index < -0.39 is 5.97 Å². The van der Waals surface area contributed by atoms with E-state index in [-0.39, 0.29) is 18.5 Å². The Labute approximate surface area is 120 Å². The maximum Gasteiger partial charge on any atom is 0.323 e. The summed E-state index contributed by atoms with van der Waals surface area (Å²) in [7, 11) is 0. The molecule has 5 heteroatoms. The lowest BCUT2D eigenvalue weighted by atomic mass is 10.1. The lowest BCUT2D eigenvalue weighted by Gasteiger charge is -2.25. The number of amides is 1. The fourth-order valence-electron chi connectivity index (χ4n) is 1.59. The van der Waals surface area contributed by atoms with Gasteiger partial charge in [-0.3, -0.25) is 9.59 Å². The Bertz CT molecular complexity index is 471. The van der Waals surface area contributed by atoms with Crippen molar-refractivity contribution in [2.24, 2.45) is 0 Å². The normalized spacial score (nSPS) is 10.5. The zero-order valence-corrected chi connectivity index (χ0v) is 12.8. The van der Waals surface area contributed by atoms with Gasteiger partial charge >= 0.3 is 5.97 Å². The van der Waals surface area contributed by atoms with Crippen LogP contribution >= 0.6 is 22.6 Å². The Morgan fingerprint density at radius 2 is 2.00 bits per heavy atom. The molecule has 0 saturated carbocycles. The van der Waals surface area contributed by atoms with Gasteiger partial charge in [0.25, 0.3) is 5.91 Å². The second-order valence-electron chi connectivity index (χ2n) is 4.40. The first-order chi connectivity index (χ1) is 8.32. The van der Waals surface area contributed by atoms with Crippen LogP contribution in [0, 0.1) is 10.5 Å². The first kappa shape index (κ1) is 14.9. The Hall–Kier alpha value is -1.11. The smallest absolute Gasteiger partial charge is 0.323 e. The zero-order chi connectivity index (χ0) is 13.9. The van der Waals surface area contributed by atoms with Gasteiger partial charge in [-0.25, -0.2) is 0 Å². The first-order valence-electron chi connectivity index (χ1n) is 5.62. The number of hydrogen-bond acceptors (Lipinski definition) is 2. The predicted molar refractivity (Wildman–Crippen MR) is 77.7 cm³/mol. The summed E-state index contributed by atoms with van der Waals surface area (Å²) in [6.07, 6.45) is 0. The summed E-state index contributed by atoms with van der Waals surface area (Å²) in [6.45, 7) is 5.25. The molecule has 98 valence electrons. The monoisotopic (exact) mass is 361 g/mol. The number of carboxylic acid groups (broad SMARTS) is 1. The van der Waals surface area contributed by atoms with Gasteiger partial charge in [0, 0.05) is 9.61 Å². The number of aryl methyl sites for hydroxylation is 1. The summed E-state index contributed by atoms with van der Waals surface area (Å²) in [4.78, 5) is 24.5. The Balaban J connectivity index is 3.09. The molecular formula is C13H16INO3. The Morgan fingerprint density at radius 3 is 2.50 bits per heavy atom. The number of halogens is 1. The van der Waals surface area contributed by atoms with Gasteiger partial charge < -0.3 is 10.0 Å². The molecule has 0 bridgehead atoms. The molecule has 1 rings (SSSR count). The molecule has 1 amide bonds. The lowest BCUT2D eigenvalue weighted by Crippen LogP contribution is -2.41. The van der Waals surface area contributed by atoms with Crippen molar-refractivity contribution in [2.45, 2.75) is 26.8 Å². The van der Waals surface area contributed by atoms with E-state index in [0.29, 0.717) is 5.56 Å². The van der Waals surface area contributed by atoms with E-state index in [9.17, 15) is 9.59 Å². The maximum absolute atomic E-state index is 12.4. The van der Waals surface area contributed by atoms with Gasteiger partial charge in [0.1, 0.15) is 6.54 Å². The fourth-order valence-corrected chi connectivity index (χ4v) is 2.16. The molecule has 0 aromatic heterocycles. The molecule has 1 aromatic rings. The predicted octanol–water partition coefficient (Wildman–Crippen LogP) is 2.53. The molecule has 0 atom stereocenters.